The number of carbonyl (C=O) groups excluding carboxylic acids is 4. The summed E-state index contributed by atoms with van der Waals surface area (Å²) in [6, 6.07) is 14.2. The minimum atomic E-state index is -0.753. The molecule has 0 saturated heterocycles. The number of hydrogen-bond acceptors (Lipinski definition) is 7. The van der Waals surface area contributed by atoms with Gasteiger partial charge in [0.25, 0.3) is 5.91 Å². The van der Waals surface area contributed by atoms with E-state index in [1.165, 1.54) is 14.0 Å². The number of pyridine rings is 1. The first-order valence-electron chi connectivity index (χ1n) is 14.6. The van der Waals surface area contributed by atoms with E-state index in [1.54, 1.807) is 37.1 Å². The quantitative estimate of drug-likeness (QED) is 0.290. The number of benzene rings is 1. The molecule has 0 fully saturated rings. The van der Waals surface area contributed by atoms with Crippen LogP contribution in [0, 0.1) is 17.8 Å². The molecule has 0 unspecified atom stereocenters. The lowest BCUT2D eigenvalue weighted by Gasteiger charge is -2.34. The molecule has 2 amide bonds. The van der Waals surface area contributed by atoms with E-state index in [9.17, 15) is 19.2 Å². The fourth-order valence-electron chi connectivity index (χ4n) is 5.04. The van der Waals surface area contributed by atoms with Gasteiger partial charge in [-0.05, 0) is 42.4 Å². The summed E-state index contributed by atoms with van der Waals surface area (Å²) in [7, 11) is 3.13. The van der Waals surface area contributed by atoms with Crippen molar-refractivity contribution in [1.29, 1.82) is 0 Å². The fraction of sp³-hybridized carbons (Fsp3) is 0.545. The van der Waals surface area contributed by atoms with Gasteiger partial charge in [0.15, 0.2) is 0 Å². The second-order valence-electron chi connectivity index (χ2n) is 11.7. The molecule has 1 aromatic carbocycles. The van der Waals surface area contributed by atoms with Crippen LogP contribution in [0.1, 0.15) is 88.7 Å². The van der Waals surface area contributed by atoms with E-state index < -0.39 is 23.9 Å². The van der Waals surface area contributed by atoms with Gasteiger partial charge in [0.2, 0.25) is 5.91 Å². The number of methoxy groups -OCH3 is 1. The number of aromatic nitrogens is 1. The van der Waals surface area contributed by atoms with Crippen molar-refractivity contribution in [3.8, 4) is 0 Å². The summed E-state index contributed by atoms with van der Waals surface area (Å²) in [5.41, 5.74) is 1.61. The van der Waals surface area contributed by atoms with Gasteiger partial charge in [-0.15, -0.1) is 0 Å². The highest BCUT2D eigenvalue weighted by Crippen LogP contribution is 2.28. The molecule has 4 atom stereocenters. The third kappa shape index (κ3) is 10.9. The Labute approximate surface area is 250 Å². The lowest BCUT2D eigenvalue weighted by molar-refractivity contribution is -0.149. The van der Waals surface area contributed by atoms with Crippen LogP contribution in [-0.2, 0) is 30.3 Å². The second-order valence-corrected chi connectivity index (χ2v) is 11.7. The summed E-state index contributed by atoms with van der Waals surface area (Å²) in [4.78, 5) is 56.9. The van der Waals surface area contributed by atoms with Gasteiger partial charge in [0.05, 0.1) is 18.7 Å². The molecule has 0 aliphatic rings. The van der Waals surface area contributed by atoms with Crippen LogP contribution in [-0.4, -0.2) is 59.9 Å². The molecule has 1 heterocycles. The predicted molar refractivity (Wildman–Crippen MR) is 161 cm³/mol. The summed E-state index contributed by atoms with van der Waals surface area (Å²) in [6.07, 6.45) is 0.913. The minimum Gasteiger partial charge on any atom is -0.469 e. The molecule has 0 aliphatic heterocycles. The normalized spacial score (nSPS) is 14.0. The highest BCUT2D eigenvalue weighted by atomic mass is 16.5. The van der Waals surface area contributed by atoms with E-state index in [-0.39, 0.29) is 41.5 Å². The van der Waals surface area contributed by atoms with Crippen molar-refractivity contribution in [2.45, 2.75) is 85.4 Å². The molecule has 9 heteroatoms. The zero-order chi connectivity index (χ0) is 31.4. The number of nitrogens with zero attached hydrogens (tertiary/aromatic N) is 2. The lowest BCUT2D eigenvalue weighted by Crippen LogP contribution is -2.42. The molecule has 2 rings (SSSR count). The highest BCUT2D eigenvalue weighted by Gasteiger charge is 2.30. The molecular formula is C33H47N3O6. The molecule has 0 radical (unpaired) electrons. The number of ether oxygens (including phenoxy) is 2. The Morgan fingerprint density at radius 3 is 2.17 bits per heavy atom. The average molecular weight is 582 g/mol. The number of nitrogens with one attached hydrogen (secondary N) is 1. The van der Waals surface area contributed by atoms with Crippen LogP contribution in [0.15, 0.2) is 48.5 Å². The molecule has 1 aromatic heterocycles. The second kappa shape index (κ2) is 16.6. The van der Waals surface area contributed by atoms with E-state index in [4.69, 9.17) is 9.47 Å². The standard InChI is InChI=1S/C33H47N3O6/c1-21(2)17-31(38)36(7)29(22(3)4)20-30(42-24(6)37)27-15-12-16-28(35-27)32(39)34-26(18-23(5)33(40)41-8)19-25-13-10-9-11-14-25/h9-16,21-23,26,29-30H,17-20H2,1-8H3,(H,34,39)/t23-,26+,29+,30+/m0/s1. The van der Waals surface area contributed by atoms with Gasteiger partial charge < -0.3 is 19.7 Å². The van der Waals surface area contributed by atoms with Crippen molar-refractivity contribution in [2.75, 3.05) is 14.2 Å². The SMILES string of the molecule is COC(=O)[C@@H](C)C[C@H](Cc1ccccc1)NC(=O)c1cccc([C@@H](C[C@H](C(C)C)N(C)C(=O)CC(C)C)OC(C)=O)n1. The molecule has 230 valence electrons. The van der Waals surface area contributed by atoms with E-state index in [2.05, 4.69) is 10.3 Å². The molecule has 42 heavy (non-hydrogen) atoms. The van der Waals surface area contributed by atoms with Gasteiger partial charge in [-0.2, -0.15) is 0 Å². The smallest absolute Gasteiger partial charge is 0.308 e. The number of amides is 2. The van der Waals surface area contributed by atoms with Crippen molar-refractivity contribution in [3.63, 3.8) is 0 Å². The largest absolute Gasteiger partial charge is 0.469 e. The van der Waals surface area contributed by atoms with Gasteiger partial charge in [0.1, 0.15) is 11.8 Å². The first kappa shape index (κ1) is 34.5. The maximum atomic E-state index is 13.4. The van der Waals surface area contributed by atoms with E-state index >= 15 is 0 Å². The monoisotopic (exact) mass is 581 g/mol. The molecule has 0 spiro atoms. The lowest BCUT2D eigenvalue weighted by atomic mass is 9.94. The Morgan fingerprint density at radius 1 is 0.929 bits per heavy atom. The van der Waals surface area contributed by atoms with Crippen LogP contribution in [0.3, 0.4) is 0 Å². The fourth-order valence-corrected chi connectivity index (χ4v) is 5.04. The maximum Gasteiger partial charge on any atom is 0.308 e. The van der Waals surface area contributed by atoms with Crippen molar-refractivity contribution in [1.82, 2.24) is 15.2 Å². The van der Waals surface area contributed by atoms with Crippen molar-refractivity contribution < 1.29 is 28.7 Å². The Balaban J connectivity index is 2.32. The molecular weight excluding hydrogens is 534 g/mol. The van der Waals surface area contributed by atoms with Crippen LogP contribution in [0.4, 0.5) is 0 Å². The summed E-state index contributed by atoms with van der Waals surface area (Å²) >= 11 is 0. The third-order valence-electron chi connectivity index (χ3n) is 7.24. The van der Waals surface area contributed by atoms with E-state index in [0.717, 1.165) is 5.56 Å². The van der Waals surface area contributed by atoms with Crippen LogP contribution in [0.2, 0.25) is 0 Å². The topological polar surface area (TPSA) is 115 Å². The summed E-state index contributed by atoms with van der Waals surface area (Å²) in [6.45, 7) is 11.1. The van der Waals surface area contributed by atoms with Crippen molar-refractivity contribution >= 4 is 23.8 Å². The third-order valence-corrected chi connectivity index (χ3v) is 7.24. The molecule has 0 bridgehead atoms. The minimum absolute atomic E-state index is 0.0250. The average Bonchev–Trinajstić information content (AvgIpc) is 2.94. The molecule has 1 N–H and O–H groups in total. The van der Waals surface area contributed by atoms with Gasteiger partial charge >= 0.3 is 11.9 Å². The maximum absolute atomic E-state index is 13.4. The summed E-state index contributed by atoms with van der Waals surface area (Å²) in [5.74, 6) is -1.31. The van der Waals surface area contributed by atoms with Crippen LogP contribution >= 0.6 is 0 Å². The van der Waals surface area contributed by atoms with Crippen LogP contribution in [0.5, 0.6) is 0 Å². The number of hydrogen-bond donors (Lipinski definition) is 1. The molecule has 0 aliphatic carbocycles. The van der Waals surface area contributed by atoms with Gasteiger partial charge in [0, 0.05) is 38.9 Å². The Hall–Kier alpha value is -3.75. The first-order valence-corrected chi connectivity index (χ1v) is 14.6. The molecule has 0 saturated carbocycles. The Bertz CT molecular complexity index is 1180. The Morgan fingerprint density at radius 2 is 1.60 bits per heavy atom. The van der Waals surface area contributed by atoms with Crippen molar-refractivity contribution in [2.24, 2.45) is 17.8 Å². The van der Waals surface area contributed by atoms with Gasteiger partial charge in [-0.3, -0.25) is 19.2 Å². The zero-order valence-corrected chi connectivity index (χ0v) is 26.3. The van der Waals surface area contributed by atoms with Gasteiger partial charge in [-0.1, -0.05) is 71.0 Å². The first-order chi connectivity index (χ1) is 19.8. The number of carbonyl (C=O) groups is 4. The number of esters is 2. The predicted octanol–water partition coefficient (Wildman–Crippen LogP) is 5.15. The summed E-state index contributed by atoms with van der Waals surface area (Å²) < 4.78 is 10.6. The van der Waals surface area contributed by atoms with E-state index in [0.29, 0.717) is 31.4 Å². The Kier molecular flexibility index (Phi) is 13.6. The zero-order valence-electron chi connectivity index (χ0n) is 26.3. The van der Waals surface area contributed by atoms with Crippen molar-refractivity contribution in [3.05, 3.63) is 65.5 Å². The number of rotatable bonds is 15. The highest BCUT2D eigenvalue weighted by molar-refractivity contribution is 5.92. The summed E-state index contributed by atoms with van der Waals surface area (Å²) in [5, 5.41) is 3.04. The van der Waals surface area contributed by atoms with Crippen LogP contribution < -0.4 is 5.32 Å². The molecule has 9 nitrogen and oxygen atoms in total. The van der Waals surface area contributed by atoms with Gasteiger partial charge in [-0.25, -0.2) is 4.98 Å². The van der Waals surface area contributed by atoms with E-state index in [1.807, 2.05) is 58.0 Å². The van der Waals surface area contributed by atoms with Crippen LogP contribution in [0.25, 0.3) is 0 Å². The molecule has 2 aromatic rings.